The lowest BCUT2D eigenvalue weighted by Gasteiger charge is -2.32. The Morgan fingerprint density at radius 1 is 0.321 bits per heavy atom. The molecule has 0 aliphatic heterocycles. The highest BCUT2D eigenvalue weighted by molar-refractivity contribution is 6.19. The second-order valence-electron chi connectivity index (χ2n) is 22.2. The maximum Gasteiger partial charge on any atom is 0.0905 e. The number of rotatable bonds is 9. The van der Waals surface area contributed by atoms with Gasteiger partial charge in [-0.15, -0.1) is 0 Å². The summed E-state index contributed by atoms with van der Waals surface area (Å²) >= 11 is 0. The molecule has 0 saturated heterocycles. The molecule has 0 saturated carbocycles. The number of hydrogen-bond acceptors (Lipinski definition) is 3. The molecule has 0 fully saturated rings. The lowest BCUT2D eigenvalue weighted by atomic mass is 9.71. The summed E-state index contributed by atoms with van der Waals surface area (Å²) in [6.45, 7) is 0. The quantitative estimate of drug-likeness (QED) is 0.144. The van der Waals surface area contributed by atoms with Gasteiger partial charge < -0.3 is 14.4 Å². The molecule has 0 bridgehead atoms. The highest BCUT2D eigenvalue weighted by Crippen LogP contribution is 2.67. The predicted molar refractivity (Wildman–Crippen MR) is 350 cm³/mol. The molecule has 1 atom stereocenters. The van der Waals surface area contributed by atoms with Crippen LogP contribution < -0.4 is 9.80 Å². The number of benzene rings is 13. The Hall–Kier alpha value is -11.1. The van der Waals surface area contributed by atoms with Crippen LogP contribution in [0, 0.1) is 0 Å². The summed E-state index contributed by atoms with van der Waals surface area (Å²) in [5.74, 6) is 0. The molecule has 0 radical (unpaired) electrons. The summed E-state index contributed by atoms with van der Waals surface area (Å²) in [4.78, 5) is 10.4. The van der Waals surface area contributed by atoms with E-state index in [1.165, 1.54) is 82.4 Å². The standard InChI is InChI=1S/C80H52N4/c1-4-23-61(24-5-1)82(64-42-38-55(39-43-64)59-36-34-53-19-10-12-21-57(53)49-59)66-46-47-70-73(51-66)84(63-27-8-3-9-28-63)75-52-74(83(62-25-6-2-7-26-62)65-44-40-56(41-45-65)60-37-35-54-20-11-13-22-58(54)50-60)76-69-30-15-17-33-72(69)80(78(76)77(70)75)71-32-16-14-29-67(71)68-31-18-48-81-79(68)80/h1-52H. The van der Waals surface area contributed by atoms with Crippen molar-refractivity contribution in [2.24, 2.45) is 0 Å². The van der Waals surface area contributed by atoms with Crippen LogP contribution in [0.3, 0.4) is 0 Å². The first-order valence-electron chi connectivity index (χ1n) is 28.9. The number of nitrogens with zero attached hydrogens (tertiary/aromatic N) is 4. The number of fused-ring (bicyclic) bond motifs is 16. The van der Waals surface area contributed by atoms with Crippen LogP contribution in [0.5, 0.6) is 0 Å². The average Bonchev–Trinajstić information content (AvgIpc) is 1.52. The highest BCUT2D eigenvalue weighted by atomic mass is 15.2. The summed E-state index contributed by atoms with van der Waals surface area (Å²) in [7, 11) is 0. The zero-order chi connectivity index (χ0) is 55.3. The van der Waals surface area contributed by atoms with Gasteiger partial charge in [0.15, 0.2) is 0 Å². The predicted octanol–water partition coefficient (Wildman–Crippen LogP) is 21.1. The van der Waals surface area contributed by atoms with Crippen molar-refractivity contribution in [3.05, 3.63) is 338 Å². The summed E-state index contributed by atoms with van der Waals surface area (Å²) in [5.41, 5.74) is 23.2. The summed E-state index contributed by atoms with van der Waals surface area (Å²) in [6.07, 6.45) is 1.99. The van der Waals surface area contributed by atoms with Crippen LogP contribution in [0.15, 0.2) is 316 Å². The number of aromatic nitrogens is 2. The van der Waals surface area contributed by atoms with Gasteiger partial charge in [-0.3, -0.25) is 4.98 Å². The molecule has 1 spiro atoms. The molecule has 4 heteroatoms. The van der Waals surface area contributed by atoms with Crippen LogP contribution in [-0.2, 0) is 5.41 Å². The van der Waals surface area contributed by atoms with E-state index in [1.54, 1.807) is 0 Å². The molecule has 0 N–H and O–H groups in total. The first-order chi connectivity index (χ1) is 41.7. The van der Waals surface area contributed by atoms with E-state index in [2.05, 4.69) is 324 Å². The number of para-hydroxylation sites is 3. The van der Waals surface area contributed by atoms with Crippen molar-refractivity contribution in [1.29, 1.82) is 0 Å². The van der Waals surface area contributed by atoms with Crippen molar-refractivity contribution >= 4 is 77.5 Å². The summed E-state index contributed by atoms with van der Waals surface area (Å²) in [5, 5.41) is 7.30. The van der Waals surface area contributed by atoms with E-state index in [1.807, 2.05) is 6.20 Å². The van der Waals surface area contributed by atoms with Gasteiger partial charge >= 0.3 is 0 Å². The van der Waals surface area contributed by atoms with E-state index in [0.29, 0.717) is 0 Å². The molecule has 17 rings (SSSR count). The molecule has 2 aliphatic rings. The highest BCUT2D eigenvalue weighted by Gasteiger charge is 2.55. The van der Waals surface area contributed by atoms with Crippen molar-refractivity contribution in [1.82, 2.24) is 9.55 Å². The molecule has 2 aliphatic carbocycles. The average molecular weight is 1070 g/mol. The van der Waals surface area contributed by atoms with Crippen LogP contribution in [0.25, 0.3) is 93.5 Å². The third-order valence-corrected chi connectivity index (χ3v) is 17.7. The molecule has 84 heavy (non-hydrogen) atoms. The second-order valence-corrected chi connectivity index (χ2v) is 22.2. The van der Waals surface area contributed by atoms with E-state index < -0.39 is 5.41 Å². The largest absolute Gasteiger partial charge is 0.310 e. The van der Waals surface area contributed by atoms with Crippen molar-refractivity contribution in [3.8, 4) is 50.2 Å². The Balaban J connectivity index is 0.956. The van der Waals surface area contributed by atoms with Crippen LogP contribution in [0.1, 0.15) is 22.4 Å². The minimum atomic E-state index is -0.771. The molecule has 0 amide bonds. The van der Waals surface area contributed by atoms with Crippen molar-refractivity contribution in [2.45, 2.75) is 5.41 Å². The number of anilines is 6. The SMILES string of the molecule is c1ccc(N(c2ccc(-c3ccc4ccccc4c3)cc2)c2ccc3c4c5c(c(N(c6ccccc6)c6ccc(-c7ccc8ccccc8c7)cc6)cc4n(-c4ccccc4)c3c2)-c2ccccc2C52c3ccccc3-c3cccnc32)cc1. The third kappa shape index (κ3) is 7.24. The summed E-state index contributed by atoms with van der Waals surface area (Å²) < 4.78 is 2.52. The van der Waals surface area contributed by atoms with Gasteiger partial charge in [-0.1, -0.05) is 212 Å². The fraction of sp³-hybridized carbons (Fsp3) is 0.0125. The Labute approximate surface area is 487 Å². The summed E-state index contributed by atoms with van der Waals surface area (Å²) in [6, 6.07) is 114. The number of hydrogen-bond donors (Lipinski definition) is 0. The molecule has 1 unspecified atom stereocenters. The van der Waals surface area contributed by atoms with Crippen LogP contribution in [0.4, 0.5) is 34.1 Å². The smallest absolute Gasteiger partial charge is 0.0905 e. The second kappa shape index (κ2) is 19.0. The Morgan fingerprint density at radius 3 is 1.43 bits per heavy atom. The van der Waals surface area contributed by atoms with Crippen LogP contribution >= 0.6 is 0 Å². The van der Waals surface area contributed by atoms with E-state index in [4.69, 9.17) is 4.98 Å². The Morgan fingerprint density at radius 2 is 0.798 bits per heavy atom. The van der Waals surface area contributed by atoms with Gasteiger partial charge in [0.25, 0.3) is 0 Å². The minimum Gasteiger partial charge on any atom is -0.310 e. The van der Waals surface area contributed by atoms with E-state index >= 15 is 0 Å². The topological polar surface area (TPSA) is 24.3 Å². The van der Waals surface area contributed by atoms with Gasteiger partial charge in [0, 0.05) is 62.2 Å². The maximum absolute atomic E-state index is 5.52. The first kappa shape index (κ1) is 47.7. The fourth-order valence-corrected chi connectivity index (χ4v) is 14.1. The normalized spacial score (nSPS) is 13.8. The molecule has 2 aromatic heterocycles. The van der Waals surface area contributed by atoms with Crippen LogP contribution in [0.2, 0.25) is 0 Å². The van der Waals surface area contributed by atoms with Gasteiger partial charge in [0.05, 0.1) is 27.8 Å². The van der Waals surface area contributed by atoms with Gasteiger partial charge in [0.2, 0.25) is 0 Å². The van der Waals surface area contributed by atoms with Gasteiger partial charge in [-0.2, -0.15) is 0 Å². The van der Waals surface area contributed by atoms with Crippen LogP contribution in [-0.4, -0.2) is 9.55 Å². The molecular weight excluding hydrogens is 1020 g/mol. The van der Waals surface area contributed by atoms with Crippen molar-refractivity contribution < 1.29 is 0 Å². The van der Waals surface area contributed by atoms with E-state index in [0.717, 1.165) is 67.7 Å². The first-order valence-corrected chi connectivity index (χ1v) is 28.9. The van der Waals surface area contributed by atoms with Gasteiger partial charge in [-0.25, -0.2) is 0 Å². The Bertz CT molecular complexity index is 5020. The Kier molecular flexibility index (Phi) is 10.8. The molecule has 13 aromatic carbocycles. The molecule has 392 valence electrons. The fourth-order valence-electron chi connectivity index (χ4n) is 14.1. The minimum absolute atomic E-state index is 0.771. The molecular formula is C80H52N4. The van der Waals surface area contributed by atoms with E-state index in [9.17, 15) is 0 Å². The maximum atomic E-state index is 5.52. The van der Waals surface area contributed by atoms with Gasteiger partial charge in [-0.05, 0) is 169 Å². The monoisotopic (exact) mass is 1070 g/mol. The van der Waals surface area contributed by atoms with Gasteiger partial charge in [0.1, 0.15) is 0 Å². The van der Waals surface area contributed by atoms with Crippen molar-refractivity contribution in [2.75, 3.05) is 9.80 Å². The molecule has 15 aromatic rings. The third-order valence-electron chi connectivity index (χ3n) is 17.7. The molecule has 2 heterocycles. The number of pyridine rings is 1. The van der Waals surface area contributed by atoms with Crippen molar-refractivity contribution in [3.63, 3.8) is 0 Å². The zero-order valence-electron chi connectivity index (χ0n) is 45.8. The molecule has 4 nitrogen and oxygen atoms in total. The lowest BCUT2D eigenvalue weighted by Crippen LogP contribution is -2.27. The zero-order valence-corrected chi connectivity index (χ0v) is 45.8. The lowest BCUT2D eigenvalue weighted by molar-refractivity contribution is 0.767. The van der Waals surface area contributed by atoms with E-state index in [-0.39, 0.29) is 0 Å².